The van der Waals surface area contributed by atoms with E-state index in [2.05, 4.69) is 27.1 Å². The van der Waals surface area contributed by atoms with E-state index in [-0.39, 0.29) is 18.1 Å². The van der Waals surface area contributed by atoms with Crippen molar-refractivity contribution in [1.82, 2.24) is 14.9 Å². The number of fused-ring (bicyclic) bond motifs is 1. The molecule has 1 aromatic carbocycles. The monoisotopic (exact) mass is 400 g/mol. The zero-order chi connectivity index (χ0) is 19.7. The Labute approximate surface area is 166 Å². The van der Waals surface area contributed by atoms with Crippen LogP contribution in [-0.4, -0.2) is 39.5 Å². The van der Waals surface area contributed by atoms with Gasteiger partial charge in [-0.2, -0.15) is 9.37 Å². The minimum absolute atomic E-state index is 0.00513. The number of nitrogens with one attached hydrogen (secondary N) is 1. The molecule has 0 radical (unpaired) electrons. The van der Waals surface area contributed by atoms with Crippen LogP contribution in [0, 0.1) is 5.95 Å². The molecule has 146 valence electrons. The van der Waals surface area contributed by atoms with Crippen LogP contribution in [0.3, 0.4) is 0 Å². The number of ether oxygens (including phenoxy) is 1. The number of pyridine rings is 1. The molecule has 0 spiro atoms. The molecular formula is C20H21FN4O2S. The first kappa shape index (κ1) is 18.8. The predicted octanol–water partition coefficient (Wildman–Crippen LogP) is 3.83. The van der Waals surface area contributed by atoms with Crippen LogP contribution in [-0.2, 0) is 11.3 Å². The number of carbonyl (C=O) groups excluding carboxylic acids is 1. The molecule has 28 heavy (non-hydrogen) atoms. The number of amides is 1. The Morgan fingerprint density at radius 3 is 2.96 bits per heavy atom. The fourth-order valence-corrected chi connectivity index (χ4v) is 4.37. The number of aromatic nitrogens is 2. The second kappa shape index (κ2) is 7.81. The van der Waals surface area contributed by atoms with Gasteiger partial charge in [-0.25, -0.2) is 4.98 Å². The van der Waals surface area contributed by atoms with Gasteiger partial charge in [0.1, 0.15) is 6.10 Å². The van der Waals surface area contributed by atoms with Crippen molar-refractivity contribution in [2.45, 2.75) is 39.0 Å². The van der Waals surface area contributed by atoms with Gasteiger partial charge in [-0.05, 0) is 19.1 Å². The summed E-state index contributed by atoms with van der Waals surface area (Å²) in [5.41, 5.74) is 0.903. The third-order valence-corrected chi connectivity index (χ3v) is 5.74. The fourth-order valence-electron chi connectivity index (χ4n) is 3.45. The summed E-state index contributed by atoms with van der Waals surface area (Å²) in [6.07, 6.45) is 0.836. The number of anilines is 1. The first-order valence-electron chi connectivity index (χ1n) is 9.17. The average Bonchev–Trinajstić information content (AvgIpc) is 3.16. The zero-order valence-electron chi connectivity index (χ0n) is 15.7. The molecule has 0 aliphatic carbocycles. The Hall–Kier alpha value is -2.58. The molecule has 1 aliphatic rings. The molecule has 3 aromatic rings. The summed E-state index contributed by atoms with van der Waals surface area (Å²) in [5, 5.41) is 3.90. The highest BCUT2D eigenvalue weighted by Crippen LogP contribution is 2.29. The van der Waals surface area contributed by atoms with Gasteiger partial charge in [0.05, 0.1) is 10.4 Å². The van der Waals surface area contributed by atoms with E-state index < -0.39 is 5.95 Å². The third-order valence-electron chi connectivity index (χ3n) is 4.81. The molecule has 0 unspecified atom stereocenters. The SMILES string of the molecule is CC(=O)Nc1nc(F)c(CN2C[C@H](Oc3ccc4ccccc4n3)C[C@@H]2C)s1. The summed E-state index contributed by atoms with van der Waals surface area (Å²) in [4.78, 5) is 22.2. The van der Waals surface area contributed by atoms with Crippen molar-refractivity contribution < 1.29 is 13.9 Å². The van der Waals surface area contributed by atoms with Crippen molar-refractivity contribution in [1.29, 1.82) is 0 Å². The van der Waals surface area contributed by atoms with Crippen LogP contribution in [0.4, 0.5) is 9.52 Å². The van der Waals surface area contributed by atoms with E-state index in [1.807, 2.05) is 36.4 Å². The molecular weight excluding hydrogens is 379 g/mol. The van der Waals surface area contributed by atoms with Crippen molar-refractivity contribution in [3.05, 3.63) is 47.2 Å². The number of thiazole rings is 1. The molecule has 3 heterocycles. The maximum absolute atomic E-state index is 14.1. The van der Waals surface area contributed by atoms with Crippen LogP contribution in [0.15, 0.2) is 36.4 Å². The zero-order valence-corrected chi connectivity index (χ0v) is 16.5. The highest BCUT2D eigenvalue weighted by atomic mass is 32.1. The van der Waals surface area contributed by atoms with Crippen LogP contribution in [0.5, 0.6) is 5.88 Å². The molecule has 1 aliphatic heterocycles. The number of nitrogens with zero attached hydrogens (tertiary/aromatic N) is 3. The second-order valence-corrected chi connectivity index (χ2v) is 8.09. The highest BCUT2D eigenvalue weighted by Gasteiger charge is 2.32. The lowest BCUT2D eigenvalue weighted by Gasteiger charge is -2.19. The van der Waals surface area contributed by atoms with Crippen molar-refractivity contribution in [3.8, 4) is 5.88 Å². The maximum Gasteiger partial charge on any atom is 0.230 e. The Balaban J connectivity index is 1.41. The number of hydrogen-bond donors (Lipinski definition) is 1. The quantitative estimate of drug-likeness (QED) is 0.705. The minimum Gasteiger partial charge on any atom is -0.473 e. The van der Waals surface area contributed by atoms with Crippen molar-refractivity contribution in [3.63, 3.8) is 0 Å². The second-order valence-electron chi connectivity index (χ2n) is 7.01. The molecule has 0 saturated carbocycles. The van der Waals surface area contributed by atoms with E-state index in [4.69, 9.17) is 4.74 Å². The predicted molar refractivity (Wildman–Crippen MR) is 107 cm³/mol. The van der Waals surface area contributed by atoms with Gasteiger partial charge < -0.3 is 10.1 Å². The van der Waals surface area contributed by atoms with E-state index in [1.54, 1.807) is 0 Å². The summed E-state index contributed by atoms with van der Waals surface area (Å²) in [5.74, 6) is -0.178. The van der Waals surface area contributed by atoms with E-state index in [9.17, 15) is 9.18 Å². The summed E-state index contributed by atoms with van der Waals surface area (Å²) < 4.78 is 20.2. The number of halogens is 1. The first-order chi connectivity index (χ1) is 13.5. The number of carbonyl (C=O) groups is 1. The molecule has 8 heteroatoms. The van der Waals surface area contributed by atoms with Crippen LogP contribution >= 0.6 is 11.3 Å². The molecule has 1 saturated heterocycles. The first-order valence-corrected chi connectivity index (χ1v) is 9.99. The lowest BCUT2D eigenvalue weighted by Crippen LogP contribution is -2.28. The van der Waals surface area contributed by atoms with Crippen LogP contribution in [0.1, 0.15) is 25.1 Å². The smallest absolute Gasteiger partial charge is 0.230 e. The molecule has 6 nitrogen and oxygen atoms in total. The largest absolute Gasteiger partial charge is 0.473 e. The minimum atomic E-state index is -0.526. The van der Waals surface area contributed by atoms with Crippen molar-refractivity contribution in [2.24, 2.45) is 0 Å². The average molecular weight is 400 g/mol. The molecule has 1 amide bonds. The standard InChI is InChI=1S/C20H21FN4O2S/c1-12-9-15(27-18-8-7-14-5-3-4-6-16(14)23-18)10-25(12)11-17-19(21)24-20(28-17)22-13(2)26/h3-8,12,15H,9-11H2,1-2H3,(H,22,24,26)/t12-,15+/m0/s1. The number of likely N-dealkylation sites (tertiary alicyclic amines) is 1. The van der Waals surface area contributed by atoms with Crippen molar-refractivity contribution >= 4 is 33.3 Å². The number of hydrogen-bond acceptors (Lipinski definition) is 6. The fraction of sp³-hybridized carbons (Fsp3) is 0.350. The van der Waals surface area contributed by atoms with Gasteiger partial charge in [0.15, 0.2) is 5.13 Å². The number of benzene rings is 1. The topological polar surface area (TPSA) is 67.4 Å². The number of rotatable bonds is 5. The van der Waals surface area contributed by atoms with Gasteiger partial charge in [0.2, 0.25) is 17.7 Å². The van der Waals surface area contributed by atoms with Crippen molar-refractivity contribution in [2.75, 3.05) is 11.9 Å². The Morgan fingerprint density at radius 2 is 2.14 bits per heavy atom. The van der Waals surface area contributed by atoms with Gasteiger partial charge in [0.25, 0.3) is 0 Å². The Bertz CT molecular complexity index is 1010. The van der Waals surface area contributed by atoms with E-state index >= 15 is 0 Å². The lowest BCUT2D eigenvalue weighted by atomic mass is 10.2. The van der Waals surface area contributed by atoms with E-state index in [0.29, 0.717) is 29.0 Å². The Morgan fingerprint density at radius 1 is 1.32 bits per heavy atom. The summed E-state index contributed by atoms with van der Waals surface area (Å²) in [6, 6.07) is 12.1. The summed E-state index contributed by atoms with van der Waals surface area (Å²) in [6.45, 7) is 4.60. The lowest BCUT2D eigenvalue weighted by molar-refractivity contribution is -0.114. The molecule has 0 bridgehead atoms. The maximum atomic E-state index is 14.1. The van der Waals surface area contributed by atoms with Crippen LogP contribution in [0.25, 0.3) is 10.9 Å². The van der Waals surface area contributed by atoms with Gasteiger partial charge >= 0.3 is 0 Å². The van der Waals surface area contributed by atoms with Gasteiger partial charge in [-0.1, -0.05) is 29.5 Å². The molecule has 4 rings (SSSR count). The highest BCUT2D eigenvalue weighted by molar-refractivity contribution is 7.15. The molecule has 2 atom stereocenters. The molecule has 1 N–H and O–H groups in total. The Kier molecular flexibility index (Phi) is 5.23. The normalized spacial score (nSPS) is 19.8. The van der Waals surface area contributed by atoms with Crippen LogP contribution < -0.4 is 10.1 Å². The van der Waals surface area contributed by atoms with E-state index in [1.165, 1.54) is 18.3 Å². The molecule has 1 fully saturated rings. The van der Waals surface area contributed by atoms with Crippen LogP contribution in [0.2, 0.25) is 0 Å². The third kappa shape index (κ3) is 4.13. The van der Waals surface area contributed by atoms with Gasteiger partial charge in [0, 0.05) is 43.9 Å². The van der Waals surface area contributed by atoms with E-state index in [0.717, 1.165) is 17.3 Å². The molecule has 2 aromatic heterocycles. The van der Waals surface area contributed by atoms with Gasteiger partial charge in [-0.15, -0.1) is 0 Å². The summed E-state index contributed by atoms with van der Waals surface area (Å²) >= 11 is 1.17. The summed E-state index contributed by atoms with van der Waals surface area (Å²) in [7, 11) is 0. The number of para-hydroxylation sites is 1. The van der Waals surface area contributed by atoms with Gasteiger partial charge in [-0.3, -0.25) is 9.69 Å².